The van der Waals surface area contributed by atoms with Gasteiger partial charge >= 0.3 is 0 Å². The molecular weight excluding hydrogens is 208 g/mol. The van der Waals surface area contributed by atoms with E-state index in [1.807, 2.05) is 6.20 Å². The average molecular weight is 216 g/mol. The van der Waals surface area contributed by atoms with Crippen molar-refractivity contribution in [3.8, 4) is 16.5 Å². The van der Waals surface area contributed by atoms with Gasteiger partial charge < -0.3 is 5.73 Å². The molecule has 3 rings (SSSR count). The fourth-order valence-corrected chi connectivity index (χ4v) is 3.12. The van der Waals surface area contributed by atoms with Gasteiger partial charge in [-0.05, 0) is 18.4 Å². The number of aromatic amines is 1. The van der Waals surface area contributed by atoms with E-state index >= 15 is 0 Å². The van der Waals surface area contributed by atoms with Crippen LogP contribution in [0.25, 0.3) is 10.4 Å². The number of nitrogen functional groups attached to an aromatic ring is 1. The monoisotopic (exact) mass is 216 g/mol. The van der Waals surface area contributed by atoms with E-state index in [-0.39, 0.29) is 0 Å². The van der Waals surface area contributed by atoms with Gasteiger partial charge in [-0.2, -0.15) is 10.4 Å². The van der Waals surface area contributed by atoms with Gasteiger partial charge in [0.05, 0.1) is 11.8 Å². The lowest BCUT2D eigenvalue weighted by atomic mass is 9.94. The number of nitrogens with zero attached hydrogens (tertiary/aromatic N) is 2. The van der Waals surface area contributed by atoms with Crippen molar-refractivity contribution in [1.82, 2.24) is 10.2 Å². The van der Waals surface area contributed by atoms with Crippen molar-refractivity contribution in [3.05, 3.63) is 23.0 Å². The maximum Gasteiger partial charge on any atom is 0.105 e. The van der Waals surface area contributed by atoms with Crippen molar-refractivity contribution in [1.29, 1.82) is 5.26 Å². The third-order valence-electron chi connectivity index (χ3n) is 2.73. The Kier molecular flexibility index (Phi) is 1.61. The Bertz CT molecular complexity index is 573. The minimum atomic E-state index is 0.622. The Morgan fingerprint density at radius 1 is 1.53 bits per heavy atom. The number of nitrogens with two attached hydrogens (primary N) is 1. The highest BCUT2D eigenvalue weighted by Gasteiger charge is 2.24. The van der Waals surface area contributed by atoms with Crippen LogP contribution in [0, 0.1) is 11.3 Å². The molecule has 0 unspecified atom stereocenters. The summed E-state index contributed by atoms with van der Waals surface area (Å²) in [5, 5.41) is 16.6. The van der Waals surface area contributed by atoms with Crippen LogP contribution in [0.15, 0.2) is 6.20 Å². The summed E-state index contributed by atoms with van der Waals surface area (Å²) in [6, 6.07) is 2.18. The number of hydrogen-bond acceptors (Lipinski definition) is 4. The SMILES string of the molecule is N#Cc1c(N)sc2c1CCc1[nH]ncc1-2. The molecule has 0 amide bonds. The number of fused-ring (bicyclic) bond motifs is 3. The van der Waals surface area contributed by atoms with E-state index in [0.29, 0.717) is 10.6 Å². The molecule has 0 atom stereocenters. The third kappa shape index (κ3) is 1.02. The summed E-state index contributed by atoms with van der Waals surface area (Å²) in [5.41, 5.74) is 9.82. The highest BCUT2D eigenvalue weighted by Crippen LogP contribution is 2.42. The molecule has 0 saturated heterocycles. The van der Waals surface area contributed by atoms with Crippen molar-refractivity contribution in [3.63, 3.8) is 0 Å². The van der Waals surface area contributed by atoms with Crippen LogP contribution in [-0.4, -0.2) is 10.2 Å². The molecule has 3 N–H and O–H groups in total. The highest BCUT2D eigenvalue weighted by molar-refractivity contribution is 7.19. The van der Waals surface area contributed by atoms with Crippen molar-refractivity contribution < 1.29 is 0 Å². The number of nitriles is 1. The van der Waals surface area contributed by atoms with Crippen LogP contribution in [0.3, 0.4) is 0 Å². The van der Waals surface area contributed by atoms with Crippen molar-refractivity contribution in [2.24, 2.45) is 0 Å². The molecule has 4 nitrogen and oxygen atoms in total. The first-order chi connectivity index (χ1) is 7.31. The van der Waals surface area contributed by atoms with Crippen LogP contribution in [0.2, 0.25) is 0 Å². The number of aromatic nitrogens is 2. The summed E-state index contributed by atoms with van der Waals surface area (Å²) >= 11 is 1.48. The van der Waals surface area contributed by atoms with Gasteiger partial charge in [-0.15, -0.1) is 11.3 Å². The van der Waals surface area contributed by atoms with Crippen LogP contribution in [0.5, 0.6) is 0 Å². The Labute approximate surface area is 90.3 Å². The molecule has 15 heavy (non-hydrogen) atoms. The fraction of sp³-hybridized carbons (Fsp3) is 0.200. The first-order valence-electron chi connectivity index (χ1n) is 4.65. The van der Waals surface area contributed by atoms with E-state index in [2.05, 4.69) is 16.3 Å². The number of nitrogens with one attached hydrogen (secondary N) is 1. The molecule has 0 aliphatic heterocycles. The molecule has 5 heteroatoms. The zero-order valence-electron chi connectivity index (χ0n) is 7.87. The largest absolute Gasteiger partial charge is 0.389 e. The topological polar surface area (TPSA) is 78.5 Å². The molecule has 0 fully saturated rings. The minimum Gasteiger partial charge on any atom is -0.389 e. The Balaban J connectivity index is 2.32. The molecule has 1 aliphatic carbocycles. The standard InChI is InChI=1S/C10H8N4S/c11-3-6-5-1-2-8-7(4-13-14-8)9(5)15-10(6)12/h4H,1-2,12H2,(H,13,14). The maximum atomic E-state index is 9.02. The quantitative estimate of drug-likeness (QED) is 0.703. The molecule has 74 valence electrons. The second kappa shape index (κ2) is 2.84. The van der Waals surface area contributed by atoms with E-state index in [4.69, 9.17) is 11.0 Å². The molecule has 0 saturated carbocycles. The number of anilines is 1. The molecule has 2 aromatic rings. The summed E-state index contributed by atoms with van der Waals surface area (Å²) in [5.74, 6) is 0. The first-order valence-corrected chi connectivity index (χ1v) is 5.46. The van der Waals surface area contributed by atoms with E-state index in [0.717, 1.165) is 34.5 Å². The van der Waals surface area contributed by atoms with Gasteiger partial charge in [-0.1, -0.05) is 0 Å². The van der Waals surface area contributed by atoms with Gasteiger partial charge in [0.25, 0.3) is 0 Å². The predicted molar refractivity (Wildman–Crippen MR) is 58.4 cm³/mol. The second-order valence-electron chi connectivity index (χ2n) is 3.52. The van der Waals surface area contributed by atoms with Crippen LogP contribution < -0.4 is 5.73 Å². The Hall–Kier alpha value is -1.80. The van der Waals surface area contributed by atoms with E-state index in [9.17, 15) is 0 Å². The van der Waals surface area contributed by atoms with E-state index in [1.165, 1.54) is 11.3 Å². The first kappa shape index (κ1) is 8.50. The molecule has 0 bridgehead atoms. The summed E-state index contributed by atoms with van der Waals surface area (Å²) in [6.07, 6.45) is 3.60. The van der Waals surface area contributed by atoms with Crippen LogP contribution >= 0.6 is 11.3 Å². The second-order valence-corrected chi connectivity index (χ2v) is 4.58. The smallest absolute Gasteiger partial charge is 0.105 e. The lowest BCUT2D eigenvalue weighted by Crippen LogP contribution is -2.01. The van der Waals surface area contributed by atoms with E-state index in [1.54, 1.807) is 0 Å². The van der Waals surface area contributed by atoms with Crippen molar-refractivity contribution >= 4 is 16.3 Å². The van der Waals surface area contributed by atoms with Crippen molar-refractivity contribution in [2.45, 2.75) is 12.8 Å². The molecule has 2 aromatic heterocycles. The molecule has 0 radical (unpaired) electrons. The molecule has 0 aromatic carbocycles. The summed E-state index contributed by atoms with van der Waals surface area (Å²) in [4.78, 5) is 1.11. The zero-order valence-corrected chi connectivity index (χ0v) is 8.69. The van der Waals surface area contributed by atoms with Gasteiger partial charge in [-0.3, -0.25) is 5.10 Å². The number of rotatable bonds is 0. The third-order valence-corrected chi connectivity index (χ3v) is 3.83. The van der Waals surface area contributed by atoms with Crippen LogP contribution in [0.4, 0.5) is 5.00 Å². The van der Waals surface area contributed by atoms with Gasteiger partial charge in [0.2, 0.25) is 0 Å². The minimum absolute atomic E-state index is 0.622. The van der Waals surface area contributed by atoms with Gasteiger partial charge in [0.15, 0.2) is 0 Å². The van der Waals surface area contributed by atoms with Gasteiger partial charge in [0, 0.05) is 16.1 Å². The number of hydrogen-bond donors (Lipinski definition) is 2. The predicted octanol–water partition coefficient (Wildman–Crippen LogP) is 1.69. The molecule has 1 aliphatic rings. The van der Waals surface area contributed by atoms with E-state index < -0.39 is 0 Å². The van der Waals surface area contributed by atoms with Crippen molar-refractivity contribution in [2.75, 3.05) is 5.73 Å². The molecular formula is C10H8N4S. The highest BCUT2D eigenvalue weighted by atomic mass is 32.1. The number of thiophene rings is 1. The Morgan fingerprint density at radius 2 is 2.40 bits per heavy atom. The van der Waals surface area contributed by atoms with Crippen LogP contribution in [-0.2, 0) is 12.8 Å². The normalized spacial score (nSPS) is 13.0. The lowest BCUT2D eigenvalue weighted by molar-refractivity contribution is 0.885. The zero-order chi connectivity index (χ0) is 10.4. The number of H-pyrrole nitrogens is 1. The number of aryl methyl sites for hydroxylation is 1. The summed E-state index contributed by atoms with van der Waals surface area (Å²) in [6.45, 7) is 0. The fourth-order valence-electron chi connectivity index (χ4n) is 2.01. The summed E-state index contributed by atoms with van der Waals surface area (Å²) in [7, 11) is 0. The van der Waals surface area contributed by atoms with Crippen LogP contribution in [0.1, 0.15) is 16.8 Å². The Morgan fingerprint density at radius 3 is 3.20 bits per heavy atom. The molecule has 0 spiro atoms. The molecule has 2 heterocycles. The van der Waals surface area contributed by atoms with Gasteiger partial charge in [0.1, 0.15) is 11.1 Å². The van der Waals surface area contributed by atoms with Gasteiger partial charge in [-0.25, -0.2) is 0 Å². The average Bonchev–Trinajstić information content (AvgIpc) is 2.79. The summed E-state index contributed by atoms with van der Waals surface area (Å²) < 4.78 is 0. The maximum absolute atomic E-state index is 9.02. The lowest BCUT2D eigenvalue weighted by Gasteiger charge is -2.10.